The number of aromatic nitrogens is 1. The zero-order valence-corrected chi connectivity index (χ0v) is 7.80. The van der Waals surface area contributed by atoms with Crippen LogP contribution in [-0.4, -0.2) is 12.1 Å². The quantitative estimate of drug-likeness (QED) is 0.761. The maximum atomic E-state index is 12.3. The molecule has 0 aliphatic heterocycles. The van der Waals surface area contributed by atoms with Gasteiger partial charge < -0.3 is 4.74 Å². The van der Waals surface area contributed by atoms with E-state index in [0.717, 1.165) is 6.07 Å². The number of pyridine rings is 1. The zero-order chi connectivity index (χ0) is 11.5. The summed E-state index contributed by atoms with van der Waals surface area (Å²) in [5, 5.41) is 8.36. The van der Waals surface area contributed by atoms with E-state index in [2.05, 4.69) is 9.72 Å². The molecule has 1 rings (SSSR count). The van der Waals surface area contributed by atoms with Gasteiger partial charge in [0.15, 0.2) is 0 Å². The summed E-state index contributed by atoms with van der Waals surface area (Å²) in [5.74, 6) is 0.0441. The maximum absolute atomic E-state index is 12.3. The lowest BCUT2D eigenvalue weighted by atomic mass is 10.2. The van der Waals surface area contributed by atoms with Gasteiger partial charge in [0.2, 0.25) is 0 Å². The van der Waals surface area contributed by atoms with Crippen LogP contribution in [-0.2, 0) is 12.6 Å². The first-order valence-electron chi connectivity index (χ1n) is 3.96. The van der Waals surface area contributed by atoms with Crippen LogP contribution in [0.2, 0.25) is 0 Å². The largest absolute Gasteiger partial charge is 0.497 e. The van der Waals surface area contributed by atoms with E-state index in [9.17, 15) is 13.2 Å². The van der Waals surface area contributed by atoms with Crippen molar-refractivity contribution in [3.05, 3.63) is 23.5 Å². The van der Waals surface area contributed by atoms with Crippen molar-refractivity contribution >= 4 is 0 Å². The average Bonchev–Trinajstić information content (AvgIpc) is 2.16. The van der Waals surface area contributed by atoms with E-state index < -0.39 is 11.9 Å². The molecule has 15 heavy (non-hydrogen) atoms. The van der Waals surface area contributed by atoms with Crippen LogP contribution in [0.3, 0.4) is 0 Å². The van der Waals surface area contributed by atoms with Gasteiger partial charge in [0.05, 0.1) is 25.3 Å². The monoisotopic (exact) mass is 216 g/mol. The van der Waals surface area contributed by atoms with Crippen LogP contribution in [0.4, 0.5) is 13.2 Å². The van der Waals surface area contributed by atoms with Crippen molar-refractivity contribution in [2.75, 3.05) is 7.11 Å². The van der Waals surface area contributed by atoms with Crippen molar-refractivity contribution in [3.8, 4) is 11.8 Å². The number of alkyl halides is 3. The van der Waals surface area contributed by atoms with E-state index in [4.69, 9.17) is 5.26 Å². The van der Waals surface area contributed by atoms with Gasteiger partial charge in [0.25, 0.3) is 0 Å². The zero-order valence-electron chi connectivity index (χ0n) is 7.80. The second-order valence-electron chi connectivity index (χ2n) is 2.72. The van der Waals surface area contributed by atoms with E-state index >= 15 is 0 Å². The Bertz CT molecular complexity index is 395. The van der Waals surface area contributed by atoms with Crippen LogP contribution >= 0.6 is 0 Å². The SMILES string of the molecule is COc1cc(CC#N)nc(C(F)(F)F)c1. The smallest absolute Gasteiger partial charge is 0.433 e. The molecule has 0 amide bonds. The molecule has 0 atom stereocenters. The van der Waals surface area contributed by atoms with Crippen molar-refractivity contribution in [1.29, 1.82) is 5.26 Å². The normalized spacial score (nSPS) is 10.9. The second kappa shape index (κ2) is 4.17. The fraction of sp³-hybridized carbons (Fsp3) is 0.333. The molecule has 6 heteroatoms. The highest BCUT2D eigenvalue weighted by Gasteiger charge is 2.33. The van der Waals surface area contributed by atoms with Gasteiger partial charge in [0.1, 0.15) is 11.4 Å². The molecule has 0 aliphatic rings. The molecule has 0 spiro atoms. The summed E-state index contributed by atoms with van der Waals surface area (Å²) in [7, 11) is 1.26. The Morgan fingerprint density at radius 1 is 1.47 bits per heavy atom. The number of nitrogens with zero attached hydrogens (tertiary/aromatic N) is 2. The van der Waals surface area contributed by atoms with Gasteiger partial charge in [-0.25, -0.2) is 4.98 Å². The first-order chi connectivity index (χ1) is 6.97. The number of ether oxygens (including phenoxy) is 1. The molecule has 0 saturated carbocycles. The number of hydrogen-bond acceptors (Lipinski definition) is 3. The summed E-state index contributed by atoms with van der Waals surface area (Å²) in [6, 6.07) is 3.83. The minimum atomic E-state index is -4.53. The van der Waals surface area contributed by atoms with E-state index in [0.29, 0.717) is 0 Å². The standard InChI is InChI=1S/C9H7F3N2O/c1-15-7-4-6(2-3-13)14-8(5-7)9(10,11)12/h4-5H,2H2,1H3. The lowest BCUT2D eigenvalue weighted by molar-refractivity contribution is -0.141. The summed E-state index contributed by atoms with van der Waals surface area (Å²) in [6.45, 7) is 0. The molecular formula is C9H7F3N2O. The van der Waals surface area contributed by atoms with Crippen LogP contribution in [0.5, 0.6) is 5.75 Å². The molecule has 0 unspecified atom stereocenters. The number of halogens is 3. The molecule has 0 aromatic carbocycles. The van der Waals surface area contributed by atoms with E-state index in [-0.39, 0.29) is 17.9 Å². The summed E-state index contributed by atoms with van der Waals surface area (Å²) in [5.41, 5.74) is -1.00. The van der Waals surface area contributed by atoms with Crippen molar-refractivity contribution in [2.24, 2.45) is 0 Å². The third-order valence-electron chi connectivity index (χ3n) is 1.64. The van der Waals surface area contributed by atoms with Crippen LogP contribution in [0.15, 0.2) is 12.1 Å². The third-order valence-corrected chi connectivity index (χ3v) is 1.64. The van der Waals surface area contributed by atoms with Crippen LogP contribution in [0, 0.1) is 11.3 Å². The van der Waals surface area contributed by atoms with Crippen LogP contribution < -0.4 is 4.74 Å². The second-order valence-corrected chi connectivity index (χ2v) is 2.72. The number of rotatable bonds is 2. The first kappa shape index (κ1) is 11.3. The van der Waals surface area contributed by atoms with E-state index in [1.165, 1.54) is 13.2 Å². The minimum Gasteiger partial charge on any atom is -0.497 e. The lowest BCUT2D eigenvalue weighted by Gasteiger charge is -2.09. The van der Waals surface area contributed by atoms with Crippen molar-refractivity contribution < 1.29 is 17.9 Å². The summed E-state index contributed by atoms with van der Waals surface area (Å²) in [4.78, 5) is 3.31. The molecule has 0 saturated heterocycles. The van der Waals surface area contributed by atoms with Gasteiger partial charge in [-0.05, 0) is 0 Å². The van der Waals surface area contributed by atoms with Crippen LogP contribution in [0.1, 0.15) is 11.4 Å². The Hall–Kier alpha value is -1.77. The van der Waals surface area contributed by atoms with Crippen molar-refractivity contribution in [1.82, 2.24) is 4.98 Å². The Labute approximate surface area is 84.1 Å². The molecule has 1 aromatic rings. The molecule has 0 fully saturated rings. The highest BCUT2D eigenvalue weighted by atomic mass is 19.4. The summed E-state index contributed by atoms with van der Waals surface area (Å²) >= 11 is 0. The van der Waals surface area contributed by atoms with Gasteiger partial charge in [-0.15, -0.1) is 0 Å². The summed E-state index contributed by atoms with van der Waals surface area (Å²) < 4.78 is 41.7. The van der Waals surface area contributed by atoms with Crippen molar-refractivity contribution in [3.63, 3.8) is 0 Å². The predicted molar refractivity (Wildman–Crippen MR) is 45.1 cm³/mol. The van der Waals surface area contributed by atoms with Gasteiger partial charge >= 0.3 is 6.18 Å². The highest BCUT2D eigenvalue weighted by Crippen LogP contribution is 2.30. The van der Waals surface area contributed by atoms with E-state index in [1.807, 2.05) is 0 Å². The Kier molecular flexibility index (Phi) is 3.14. The Morgan fingerprint density at radius 2 is 2.13 bits per heavy atom. The van der Waals surface area contributed by atoms with Gasteiger partial charge in [0, 0.05) is 12.1 Å². The number of hydrogen-bond donors (Lipinski definition) is 0. The molecule has 0 N–H and O–H groups in total. The lowest BCUT2D eigenvalue weighted by Crippen LogP contribution is -2.09. The molecule has 3 nitrogen and oxygen atoms in total. The predicted octanol–water partition coefficient (Wildman–Crippen LogP) is 2.18. The third kappa shape index (κ3) is 2.84. The molecule has 0 aliphatic carbocycles. The van der Waals surface area contributed by atoms with Crippen LogP contribution in [0.25, 0.3) is 0 Å². The number of methoxy groups -OCH3 is 1. The maximum Gasteiger partial charge on any atom is 0.433 e. The fourth-order valence-corrected chi connectivity index (χ4v) is 0.995. The molecular weight excluding hydrogens is 209 g/mol. The Morgan fingerprint density at radius 3 is 2.60 bits per heavy atom. The Balaban J connectivity index is 3.18. The average molecular weight is 216 g/mol. The van der Waals surface area contributed by atoms with Gasteiger partial charge in [-0.1, -0.05) is 0 Å². The van der Waals surface area contributed by atoms with Crippen molar-refractivity contribution in [2.45, 2.75) is 12.6 Å². The molecule has 0 bridgehead atoms. The van der Waals surface area contributed by atoms with E-state index in [1.54, 1.807) is 6.07 Å². The van der Waals surface area contributed by atoms with Gasteiger partial charge in [-0.3, -0.25) is 0 Å². The number of nitriles is 1. The fourth-order valence-electron chi connectivity index (χ4n) is 0.995. The van der Waals surface area contributed by atoms with Gasteiger partial charge in [-0.2, -0.15) is 18.4 Å². The highest BCUT2D eigenvalue weighted by molar-refractivity contribution is 5.29. The topological polar surface area (TPSA) is 45.9 Å². The minimum absolute atomic E-state index is 0.0441. The first-order valence-corrected chi connectivity index (χ1v) is 3.96. The molecule has 1 heterocycles. The molecule has 1 aromatic heterocycles. The molecule has 80 valence electrons. The molecule has 0 radical (unpaired) electrons. The summed E-state index contributed by atoms with van der Waals surface area (Å²) in [6.07, 6.45) is -4.71.